The number of piperazine rings is 1. The summed E-state index contributed by atoms with van der Waals surface area (Å²) in [5.74, 6) is 1.43. The normalized spacial score (nSPS) is 17.4. The minimum atomic E-state index is 0.711. The lowest BCUT2D eigenvalue weighted by atomic mass is 10.2. The molecule has 1 aliphatic heterocycles. The maximum Gasteiger partial charge on any atom is 0.240 e. The highest BCUT2D eigenvalue weighted by Crippen LogP contribution is 2.10. The second-order valence-electron chi connectivity index (χ2n) is 5.27. The van der Waals surface area contributed by atoms with Crippen molar-refractivity contribution in [2.45, 2.75) is 20.0 Å². The Hall–Kier alpha value is -1.72. The summed E-state index contributed by atoms with van der Waals surface area (Å²) in [5.41, 5.74) is 1.38. The highest BCUT2D eigenvalue weighted by molar-refractivity contribution is 5.14. The third-order valence-corrected chi connectivity index (χ3v) is 3.64. The molecule has 1 saturated heterocycles. The van der Waals surface area contributed by atoms with Gasteiger partial charge in [-0.2, -0.15) is 4.98 Å². The number of aromatic nitrogens is 2. The first-order valence-corrected chi connectivity index (χ1v) is 7.07. The first kappa shape index (κ1) is 13.3. The van der Waals surface area contributed by atoms with Gasteiger partial charge in [0.2, 0.25) is 5.89 Å². The van der Waals surface area contributed by atoms with Crippen molar-refractivity contribution in [2.75, 3.05) is 26.2 Å². The topological polar surface area (TPSA) is 45.4 Å². The van der Waals surface area contributed by atoms with Crippen molar-refractivity contribution in [3.63, 3.8) is 0 Å². The van der Waals surface area contributed by atoms with E-state index in [9.17, 15) is 0 Å². The quantitative estimate of drug-likeness (QED) is 0.847. The zero-order chi connectivity index (χ0) is 13.8. The summed E-state index contributed by atoms with van der Waals surface area (Å²) in [6, 6.07) is 10.6. The standard InChI is InChI=1S/C15H20N4O/c1-13-16-15(20-17-13)12-19-9-7-18(8-10-19)11-14-5-3-2-4-6-14/h2-6H,7-12H2,1H3. The van der Waals surface area contributed by atoms with Crippen LogP contribution in [0.5, 0.6) is 0 Å². The van der Waals surface area contributed by atoms with E-state index in [-0.39, 0.29) is 0 Å². The molecule has 0 bridgehead atoms. The maximum absolute atomic E-state index is 5.17. The molecule has 0 spiro atoms. The second kappa shape index (κ2) is 6.15. The zero-order valence-electron chi connectivity index (χ0n) is 11.8. The van der Waals surface area contributed by atoms with Crippen LogP contribution in [0.3, 0.4) is 0 Å². The molecule has 5 heteroatoms. The lowest BCUT2D eigenvalue weighted by molar-refractivity contribution is 0.112. The van der Waals surface area contributed by atoms with Gasteiger partial charge in [-0.05, 0) is 12.5 Å². The van der Waals surface area contributed by atoms with Crippen molar-refractivity contribution in [2.24, 2.45) is 0 Å². The summed E-state index contributed by atoms with van der Waals surface area (Å²) < 4.78 is 5.17. The molecule has 2 aromatic rings. The lowest BCUT2D eigenvalue weighted by Crippen LogP contribution is -2.45. The van der Waals surface area contributed by atoms with E-state index in [1.54, 1.807) is 0 Å². The van der Waals surface area contributed by atoms with Gasteiger partial charge in [0.05, 0.1) is 6.54 Å². The minimum Gasteiger partial charge on any atom is -0.338 e. The SMILES string of the molecule is Cc1noc(CN2CCN(Cc3ccccc3)CC2)n1. The molecule has 1 aromatic heterocycles. The Bertz CT molecular complexity index is 532. The Kier molecular flexibility index (Phi) is 4.08. The van der Waals surface area contributed by atoms with E-state index >= 15 is 0 Å². The van der Waals surface area contributed by atoms with E-state index in [0.717, 1.165) is 45.2 Å². The van der Waals surface area contributed by atoms with Gasteiger partial charge in [0.25, 0.3) is 0 Å². The van der Waals surface area contributed by atoms with Crippen LogP contribution in [0.1, 0.15) is 17.3 Å². The molecule has 0 unspecified atom stereocenters. The number of benzene rings is 1. The van der Waals surface area contributed by atoms with Gasteiger partial charge in [0.15, 0.2) is 5.82 Å². The molecule has 0 amide bonds. The number of hydrogen-bond donors (Lipinski definition) is 0. The highest BCUT2D eigenvalue weighted by Gasteiger charge is 2.18. The molecule has 5 nitrogen and oxygen atoms in total. The van der Waals surface area contributed by atoms with E-state index < -0.39 is 0 Å². The Balaban J connectivity index is 1.47. The monoisotopic (exact) mass is 272 g/mol. The summed E-state index contributed by atoms with van der Waals surface area (Å²) in [5, 5.41) is 3.83. The molecule has 3 rings (SSSR count). The predicted molar refractivity (Wildman–Crippen MR) is 76.0 cm³/mol. The summed E-state index contributed by atoms with van der Waals surface area (Å²) in [7, 11) is 0. The number of rotatable bonds is 4. The summed E-state index contributed by atoms with van der Waals surface area (Å²) >= 11 is 0. The number of nitrogens with zero attached hydrogens (tertiary/aromatic N) is 4. The van der Waals surface area contributed by atoms with Gasteiger partial charge in [-0.15, -0.1) is 0 Å². The maximum atomic E-state index is 5.17. The van der Waals surface area contributed by atoms with Crippen molar-refractivity contribution in [1.82, 2.24) is 19.9 Å². The molecule has 0 radical (unpaired) electrons. The van der Waals surface area contributed by atoms with E-state index in [0.29, 0.717) is 5.82 Å². The van der Waals surface area contributed by atoms with Gasteiger partial charge >= 0.3 is 0 Å². The first-order chi connectivity index (χ1) is 9.79. The first-order valence-electron chi connectivity index (χ1n) is 7.07. The average Bonchev–Trinajstić information content (AvgIpc) is 2.88. The van der Waals surface area contributed by atoms with Crippen molar-refractivity contribution < 1.29 is 4.52 Å². The molecule has 20 heavy (non-hydrogen) atoms. The molecule has 2 heterocycles. The van der Waals surface area contributed by atoms with E-state index in [4.69, 9.17) is 4.52 Å². The number of hydrogen-bond acceptors (Lipinski definition) is 5. The van der Waals surface area contributed by atoms with Crippen LogP contribution in [0.15, 0.2) is 34.9 Å². The zero-order valence-corrected chi connectivity index (χ0v) is 11.8. The Morgan fingerprint density at radius 2 is 1.65 bits per heavy atom. The van der Waals surface area contributed by atoms with Crippen LogP contribution in [-0.2, 0) is 13.1 Å². The van der Waals surface area contributed by atoms with Crippen LogP contribution in [-0.4, -0.2) is 46.1 Å². The minimum absolute atomic E-state index is 0.711. The predicted octanol–water partition coefficient (Wildman–Crippen LogP) is 1.70. The smallest absolute Gasteiger partial charge is 0.240 e. The number of aryl methyl sites for hydroxylation is 1. The van der Waals surface area contributed by atoms with Gasteiger partial charge in [0, 0.05) is 32.7 Å². The molecule has 0 aliphatic carbocycles. The van der Waals surface area contributed by atoms with Crippen LogP contribution in [0.4, 0.5) is 0 Å². The van der Waals surface area contributed by atoms with E-state index in [1.807, 2.05) is 6.92 Å². The van der Waals surface area contributed by atoms with Crippen LogP contribution in [0.2, 0.25) is 0 Å². The third-order valence-electron chi connectivity index (χ3n) is 3.64. The fourth-order valence-corrected chi connectivity index (χ4v) is 2.54. The van der Waals surface area contributed by atoms with Gasteiger partial charge < -0.3 is 4.52 Å². The fourth-order valence-electron chi connectivity index (χ4n) is 2.54. The van der Waals surface area contributed by atoms with Crippen molar-refractivity contribution >= 4 is 0 Å². The average molecular weight is 272 g/mol. The Labute approximate surface area is 119 Å². The van der Waals surface area contributed by atoms with Gasteiger partial charge in [-0.1, -0.05) is 35.5 Å². The van der Waals surface area contributed by atoms with Gasteiger partial charge in [-0.25, -0.2) is 0 Å². The summed E-state index contributed by atoms with van der Waals surface area (Å²) in [6.45, 7) is 7.92. The van der Waals surface area contributed by atoms with Crippen molar-refractivity contribution in [3.05, 3.63) is 47.6 Å². The molecule has 0 saturated carbocycles. The van der Waals surface area contributed by atoms with E-state index in [1.165, 1.54) is 5.56 Å². The molecule has 1 aliphatic rings. The highest BCUT2D eigenvalue weighted by atomic mass is 16.5. The van der Waals surface area contributed by atoms with Crippen LogP contribution in [0.25, 0.3) is 0 Å². The molecule has 0 atom stereocenters. The Morgan fingerprint density at radius 1 is 1.00 bits per heavy atom. The summed E-state index contributed by atoms with van der Waals surface area (Å²) in [4.78, 5) is 9.12. The molecular weight excluding hydrogens is 252 g/mol. The van der Waals surface area contributed by atoms with Crippen LogP contribution < -0.4 is 0 Å². The largest absolute Gasteiger partial charge is 0.338 e. The van der Waals surface area contributed by atoms with Crippen LogP contribution >= 0.6 is 0 Å². The van der Waals surface area contributed by atoms with Gasteiger partial charge in [-0.3, -0.25) is 9.80 Å². The van der Waals surface area contributed by atoms with Crippen LogP contribution in [0, 0.1) is 6.92 Å². The molecule has 0 N–H and O–H groups in total. The lowest BCUT2D eigenvalue weighted by Gasteiger charge is -2.33. The fraction of sp³-hybridized carbons (Fsp3) is 0.467. The van der Waals surface area contributed by atoms with Crippen molar-refractivity contribution in [3.8, 4) is 0 Å². The second-order valence-corrected chi connectivity index (χ2v) is 5.27. The Morgan fingerprint density at radius 3 is 2.25 bits per heavy atom. The molecule has 106 valence electrons. The molecule has 1 aromatic carbocycles. The molecular formula is C15H20N4O. The molecule has 1 fully saturated rings. The summed E-state index contributed by atoms with van der Waals surface area (Å²) in [6.07, 6.45) is 0. The van der Waals surface area contributed by atoms with Crippen molar-refractivity contribution in [1.29, 1.82) is 0 Å². The van der Waals surface area contributed by atoms with E-state index in [2.05, 4.69) is 50.3 Å². The van der Waals surface area contributed by atoms with Gasteiger partial charge in [0.1, 0.15) is 0 Å². The third kappa shape index (κ3) is 3.43.